The Bertz CT molecular complexity index is 545. The topological polar surface area (TPSA) is 37.3 Å². The third-order valence-electron chi connectivity index (χ3n) is 10.8. The Balaban J connectivity index is 1.68. The average molecular weight is 447 g/mol. The maximum absolute atomic E-state index is 12.7. The second-order valence-corrected chi connectivity index (χ2v) is 12.2. The van der Waals surface area contributed by atoms with Gasteiger partial charge < -0.3 is 5.11 Å². The summed E-state index contributed by atoms with van der Waals surface area (Å²) < 4.78 is 0. The van der Waals surface area contributed by atoms with Gasteiger partial charge in [0.2, 0.25) is 0 Å². The van der Waals surface area contributed by atoms with Crippen molar-refractivity contribution in [2.24, 2.45) is 22.2 Å². The van der Waals surface area contributed by atoms with Crippen molar-refractivity contribution in [1.82, 2.24) is 0 Å². The van der Waals surface area contributed by atoms with Crippen molar-refractivity contribution in [1.29, 1.82) is 0 Å². The lowest BCUT2D eigenvalue weighted by molar-refractivity contribution is -0.170. The molecule has 0 spiro atoms. The first kappa shape index (κ1) is 26.1. The molecule has 3 aliphatic carbocycles. The fourth-order valence-corrected chi connectivity index (χ4v) is 8.53. The van der Waals surface area contributed by atoms with Crippen LogP contribution in [0.3, 0.4) is 0 Å². The highest BCUT2D eigenvalue weighted by molar-refractivity contribution is 5.76. The summed E-state index contributed by atoms with van der Waals surface area (Å²) in [6.45, 7) is 4.61. The van der Waals surface area contributed by atoms with E-state index >= 15 is 0 Å². The molecule has 0 aliphatic heterocycles. The van der Waals surface area contributed by atoms with Crippen molar-refractivity contribution in [3.63, 3.8) is 0 Å². The molecule has 0 bridgehead atoms. The molecule has 0 heterocycles. The number of rotatable bonds is 12. The average Bonchev–Trinajstić information content (AvgIpc) is 2.85. The van der Waals surface area contributed by atoms with E-state index in [1.165, 1.54) is 116 Å². The Labute approximate surface area is 199 Å². The predicted octanol–water partition coefficient (Wildman–Crippen LogP) is 9.70. The van der Waals surface area contributed by atoms with E-state index in [1.54, 1.807) is 0 Å². The van der Waals surface area contributed by atoms with Crippen molar-refractivity contribution in [3.8, 4) is 0 Å². The van der Waals surface area contributed by atoms with E-state index in [9.17, 15) is 9.90 Å². The summed E-state index contributed by atoms with van der Waals surface area (Å²) in [6, 6.07) is 0. The minimum Gasteiger partial charge on any atom is -0.481 e. The fourth-order valence-electron chi connectivity index (χ4n) is 8.53. The second-order valence-electron chi connectivity index (χ2n) is 12.2. The first-order valence-electron chi connectivity index (χ1n) is 14.8. The van der Waals surface area contributed by atoms with Crippen LogP contribution in [0.2, 0.25) is 0 Å². The van der Waals surface area contributed by atoms with Gasteiger partial charge in [-0.25, -0.2) is 0 Å². The van der Waals surface area contributed by atoms with E-state index < -0.39 is 11.4 Å². The zero-order valence-electron chi connectivity index (χ0n) is 21.7. The lowest BCUT2D eigenvalue weighted by atomic mass is 9.46. The molecule has 0 saturated heterocycles. The quantitative estimate of drug-likeness (QED) is 0.303. The summed E-state index contributed by atoms with van der Waals surface area (Å²) in [5, 5.41) is 10.5. The summed E-state index contributed by atoms with van der Waals surface area (Å²) in [7, 11) is 0. The molecule has 3 saturated carbocycles. The molecule has 2 heteroatoms. The summed E-state index contributed by atoms with van der Waals surface area (Å²) in [5.41, 5.74) is 0.145. The molecule has 2 nitrogen and oxygen atoms in total. The van der Waals surface area contributed by atoms with Crippen LogP contribution in [0.4, 0.5) is 0 Å². The molecule has 32 heavy (non-hydrogen) atoms. The predicted molar refractivity (Wildman–Crippen MR) is 136 cm³/mol. The maximum Gasteiger partial charge on any atom is 0.310 e. The van der Waals surface area contributed by atoms with Gasteiger partial charge in [0.15, 0.2) is 0 Å². The molecule has 0 radical (unpaired) electrons. The van der Waals surface area contributed by atoms with E-state index in [0.29, 0.717) is 5.41 Å². The Morgan fingerprint density at radius 1 is 0.719 bits per heavy atom. The Kier molecular flexibility index (Phi) is 9.99. The van der Waals surface area contributed by atoms with Crippen LogP contribution in [-0.4, -0.2) is 11.1 Å². The number of carbonyl (C=O) groups is 1. The molecule has 0 atom stereocenters. The molecule has 0 amide bonds. The van der Waals surface area contributed by atoms with Gasteiger partial charge in [-0.1, -0.05) is 97.3 Å². The van der Waals surface area contributed by atoms with Crippen LogP contribution in [0.5, 0.6) is 0 Å². The molecule has 3 rings (SSSR count). The van der Waals surface area contributed by atoms with Gasteiger partial charge in [-0.05, 0) is 81.0 Å². The van der Waals surface area contributed by atoms with Gasteiger partial charge in [-0.3, -0.25) is 4.79 Å². The Morgan fingerprint density at radius 2 is 1.28 bits per heavy atom. The molecule has 3 aliphatic rings. The number of carboxylic acid groups (broad SMARTS) is 1. The number of hydrogen-bond donors (Lipinski definition) is 1. The number of unbranched alkanes of at least 4 members (excludes halogenated alkanes) is 6. The normalized spacial score (nSPS) is 31.4. The third kappa shape index (κ3) is 5.57. The van der Waals surface area contributed by atoms with Crippen LogP contribution in [0.1, 0.15) is 162 Å². The van der Waals surface area contributed by atoms with E-state index in [0.717, 1.165) is 38.0 Å². The number of hydrogen-bond acceptors (Lipinski definition) is 1. The van der Waals surface area contributed by atoms with Crippen LogP contribution in [0.15, 0.2) is 0 Å². The smallest absolute Gasteiger partial charge is 0.310 e. The lowest BCUT2D eigenvalue weighted by Gasteiger charge is -2.57. The minimum atomic E-state index is -0.462. The molecule has 3 fully saturated rings. The van der Waals surface area contributed by atoms with Gasteiger partial charge >= 0.3 is 5.97 Å². The van der Waals surface area contributed by atoms with Crippen LogP contribution in [0, 0.1) is 22.2 Å². The van der Waals surface area contributed by atoms with Crippen molar-refractivity contribution in [3.05, 3.63) is 0 Å². The third-order valence-corrected chi connectivity index (χ3v) is 10.8. The molecular weight excluding hydrogens is 392 g/mol. The van der Waals surface area contributed by atoms with Crippen molar-refractivity contribution in [2.75, 3.05) is 0 Å². The summed E-state index contributed by atoms with van der Waals surface area (Å²) in [6.07, 6.45) is 29.8. The van der Waals surface area contributed by atoms with Gasteiger partial charge in [0.1, 0.15) is 0 Å². The van der Waals surface area contributed by atoms with E-state index in [1.807, 2.05) is 0 Å². The summed E-state index contributed by atoms with van der Waals surface area (Å²) in [4.78, 5) is 12.7. The van der Waals surface area contributed by atoms with Crippen molar-refractivity contribution >= 4 is 5.97 Å². The molecular formula is C30H54O2. The van der Waals surface area contributed by atoms with Crippen LogP contribution >= 0.6 is 0 Å². The molecule has 0 aromatic heterocycles. The summed E-state index contributed by atoms with van der Waals surface area (Å²) >= 11 is 0. The van der Waals surface area contributed by atoms with E-state index in [-0.39, 0.29) is 5.41 Å². The van der Waals surface area contributed by atoms with Crippen LogP contribution in [0.25, 0.3) is 0 Å². The second kappa shape index (κ2) is 12.3. The van der Waals surface area contributed by atoms with Crippen LogP contribution < -0.4 is 0 Å². The zero-order valence-corrected chi connectivity index (χ0v) is 21.7. The van der Waals surface area contributed by atoms with Crippen LogP contribution in [-0.2, 0) is 4.79 Å². The van der Waals surface area contributed by atoms with Crippen molar-refractivity contribution in [2.45, 2.75) is 162 Å². The van der Waals surface area contributed by atoms with Gasteiger partial charge in [0.25, 0.3) is 0 Å². The SMILES string of the molecule is CCCCCCCCCC1(C2CCCCC2)CCC(CC)(C2(C(=O)O)CCCCC2)CC1. The standard InChI is InChI=1S/C30H54O2/c1-3-5-6-7-8-9-14-19-28(26-17-12-10-13-18-26)22-24-29(4-2,25-23-28)30(27(31)32)20-15-11-16-21-30/h26H,3-25H2,1-2H3,(H,31,32). The largest absolute Gasteiger partial charge is 0.481 e. The number of carboxylic acids is 1. The highest BCUT2D eigenvalue weighted by Crippen LogP contribution is 2.64. The molecule has 1 N–H and O–H groups in total. The van der Waals surface area contributed by atoms with Gasteiger partial charge in [0, 0.05) is 0 Å². The molecule has 0 unspecified atom stereocenters. The van der Waals surface area contributed by atoms with Gasteiger partial charge in [-0.2, -0.15) is 0 Å². The minimum absolute atomic E-state index is 0.0531. The Morgan fingerprint density at radius 3 is 1.84 bits per heavy atom. The first-order valence-corrected chi connectivity index (χ1v) is 14.8. The lowest BCUT2D eigenvalue weighted by Crippen LogP contribution is -2.52. The highest BCUT2D eigenvalue weighted by atomic mass is 16.4. The maximum atomic E-state index is 12.7. The molecule has 186 valence electrons. The van der Waals surface area contributed by atoms with E-state index in [2.05, 4.69) is 13.8 Å². The zero-order chi connectivity index (χ0) is 22.9. The van der Waals surface area contributed by atoms with Gasteiger partial charge in [-0.15, -0.1) is 0 Å². The monoisotopic (exact) mass is 446 g/mol. The summed E-state index contributed by atoms with van der Waals surface area (Å²) in [5.74, 6) is 0.453. The van der Waals surface area contributed by atoms with Crippen molar-refractivity contribution < 1.29 is 9.90 Å². The Hall–Kier alpha value is -0.530. The fraction of sp³-hybridized carbons (Fsp3) is 0.967. The molecule has 0 aromatic carbocycles. The van der Waals surface area contributed by atoms with E-state index in [4.69, 9.17) is 0 Å². The number of aliphatic carboxylic acids is 1. The molecule has 0 aromatic rings. The highest BCUT2D eigenvalue weighted by Gasteiger charge is 2.58. The first-order chi connectivity index (χ1) is 15.5. The van der Waals surface area contributed by atoms with Gasteiger partial charge in [0.05, 0.1) is 5.41 Å².